The highest BCUT2D eigenvalue weighted by molar-refractivity contribution is 9.10. The third-order valence-electron chi connectivity index (χ3n) is 3.68. The van der Waals surface area contributed by atoms with Gasteiger partial charge in [0.05, 0.1) is 17.9 Å². The van der Waals surface area contributed by atoms with E-state index in [-0.39, 0.29) is 17.1 Å². The van der Waals surface area contributed by atoms with Gasteiger partial charge in [-0.05, 0) is 42.3 Å². The van der Waals surface area contributed by atoms with Crippen molar-refractivity contribution in [2.75, 3.05) is 6.61 Å². The summed E-state index contributed by atoms with van der Waals surface area (Å²) in [5.74, 6) is 0.0640. The lowest BCUT2D eigenvalue weighted by Crippen LogP contribution is -2.19. The Bertz CT molecular complexity index is 670. The zero-order valence-corrected chi connectivity index (χ0v) is 15.1. The first-order valence-corrected chi connectivity index (χ1v) is 9.15. The Labute approximate surface area is 147 Å². The number of carbonyl (C=O) groups is 1. The van der Waals surface area contributed by atoms with Crippen molar-refractivity contribution in [3.8, 4) is 0 Å². The van der Waals surface area contributed by atoms with Gasteiger partial charge in [-0.2, -0.15) is 0 Å². The minimum atomic E-state index is -0.259. The van der Waals surface area contributed by atoms with Crippen LogP contribution in [0.25, 0.3) is 0 Å². The van der Waals surface area contributed by atoms with E-state index in [1.807, 2.05) is 31.2 Å². The number of carbonyl (C=O) groups excluding carboxylic acids is 1. The predicted octanol–water partition coefficient (Wildman–Crippen LogP) is 2.98. The van der Waals surface area contributed by atoms with E-state index >= 15 is 0 Å². The number of rotatable bonds is 6. The number of ketones is 1. The fourth-order valence-electron chi connectivity index (χ4n) is 2.44. The molecular formula is C15H17BrN4O2S. The van der Waals surface area contributed by atoms with Gasteiger partial charge in [0.15, 0.2) is 5.78 Å². The second kappa shape index (κ2) is 7.55. The summed E-state index contributed by atoms with van der Waals surface area (Å²) in [7, 11) is 0. The van der Waals surface area contributed by atoms with Crippen LogP contribution in [0.3, 0.4) is 0 Å². The van der Waals surface area contributed by atoms with E-state index in [1.54, 1.807) is 4.68 Å². The van der Waals surface area contributed by atoms with Crippen LogP contribution in [0.15, 0.2) is 33.9 Å². The monoisotopic (exact) mass is 396 g/mol. The van der Waals surface area contributed by atoms with Crippen molar-refractivity contribution in [2.24, 2.45) is 0 Å². The highest BCUT2D eigenvalue weighted by Crippen LogP contribution is 2.25. The molecule has 1 aromatic heterocycles. The Morgan fingerprint density at radius 1 is 1.48 bits per heavy atom. The lowest BCUT2D eigenvalue weighted by Gasteiger charge is -2.12. The van der Waals surface area contributed by atoms with Crippen LogP contribution in [0.2, 0.25) is 0 Å². The van der Waals surface area contributed by atoms with E-state index in [9.17, 15) is 4.79 Å². The number of halogens is 1. The maximum atomic E-state index is 12.5. The summed E-state index contributed by atoms with van der Waals surface area (Å²) in [6, 6.07) is 7.37. The Morgan fingerprint density at radius 3 is 2.96 bits per heavy atom. The molecule has 1 aliphatic rings. The molecule has 23 heavy (non-hydrogen) atoms. The minimum absolute atomic E-state index is 0.0640. The molecule has 0 amide bonds. The van der Waals surface area contributed by atoms with Crippen molar-refractivity contribution >= 4 is 33.5 Å². The first kappa shape index (κ1) is 16.6. The number of nitrogens with zero attached hydrogens (tertiary/aromatic N) is 4. The molecular weight excluding hydrogens is 380 g/mol. The predicted molar refractivity (Wildman–Crippen MR) is 90.6 cm³/mol. The molecule has 0 N–H and O–H groups in total. The van der Waals surface area contributed by atoms with Gasteiger partial charge in [-0.25, -0.2) is 4.68 Å². The zero-order valence-electron chi connectivity index (χ0n) is 12.7. The van der Waals surface area contributed by atoms with E-state index in [1.165, 1.54) is 11.8 Å². The van der Waals surface area contributed by atoms with Crippen LogP contribution in [0.5, 0.6) is 0 Å². The summed E-state index contributed by atoms with van der Waals surface area (Å²) in [6.45, 7) is 3.31. The van der Waals surface area contributed by atoms with Gasteiger partial charge in [0.1, 0.15) is 0 Å². The van der Waals surface area contributed by atoms with Gasteiger partial charge >= 0.3 is 0 Å². The number of thioether (sulfide) groups is 1. The van der Waals surface area contributed by atoms with Crippen LogP contribution >= 0.6 is 27.7 Å². The maximum absolute atomic E-state index is 12.5. The maximum Gasteiger partial charge on any atom is 0.210 e. The standard InChI is InChI=1S/C15H17BrN4O2S/c1-10(14(21)11-4-6-12(16)7-5-11)23-15-17-18-19-20(15)9-13-3-2-8-22-13/h4-7,10,13H,2-3,8-9H2,1H3. The number of ether oxygens (including phenoxy) is 1. The Balaban J connectivity index is 1.65. The van der Waals surface area contributed by atoms with Crippen LogP contribution < -0.4 is 0 Å². The molecule has 0 radical (unpaired) electrons. The van der Waals surface area contributed by atoms with Gasteiger partial charge in [0.2, 0.25) is 5.16 Å². The van der Waals surface area contributed by atoms with Gasteiger partial charge in [0.25, 0.3) is 0 Å². The molecule has 0 spiro atoms. The molecule has 1 aliphatic heterocycles. The fourth-order valence-corrected chi connectivity index (χ4v) is 3.58. The normalized spacial score (nSPS) is 19.0. The van der Waals surface area contributed by atoms with Gasteiger partial charge in [0, 0.05) is 16.6 Å². The molecule has 1 saturated heterocycles. The Hall–Kier alpha value is -1.25. The van der Waals surface area contributed by atoms with Crippen molar-refractivity contribution < 1.29 is 9.53 Å². The summed E-state index contributed by atoms with van der Waals surface area (Å²) < 4.78 is 8.30. The summed E-state index contributed by atoms with van der Waals surface area (Å²) in [5, 5.41) is 12.2. The highest BCUT2D eigenvalue weighted by Gasteiger charge is 2.22. The first-order chi connectivity index (χ1) is 11.1. The lowest BCUT2D eigenvalue weighted by atomic mass is 10.1. The molecule has 2 atom stereocenters. The summed E-state index contributed by atoms with van der Waals surface area (Å²) in [6.07, 6.45) is 2.26. The zero-order chi connectivity index (χ0) is 16.2. The van der Waals surface area contributed by atoms with E-state index in [0.717, 1.165) is 23.9 Å². The molecule has 2 heterocycles. The van der Waals surface area contributed by atoms with E-state index in [0.29, 0.717) is 17.3 Å². The molecule has 8 heteroatoms. The summed E-state index contributed by atoms with van der Waals surface area (Å²) >= 11 is 4.75. The molecule has 3 rings (SSSR count). The third-order valence-corrected chi connectivity index (χ3v) is 5.28. The molecule has 1 fully saturated rings. The molecule has 2 unspecified atom stereocenters. The number of tetrazole rings is 1. The minimum Gasteiger partial charge on any atom is -0.376 e. The Morgan fingerprint density at radius 2 is 2.26 bits per heavy atom. The van der Waals surface area contributed by atoms with Crippen LogP contribution in [0, 0.1) is 0 Å². The quantitative estimate of drug-likeness (QED) is 0.552. The van der Waals surface area contributed by atoms with Crippen molar-refractivity contribution in [3.05, 3.63) is 34.3 Å². The second-order valence-electron chi connectivity index (χ2n) is 5.41. The van der Waals surface area contributed by atoms with Crippen LogP contribution in [-0.2, 0) is 11.3 Å². The molecule has 6 nitrogen and oxygen atoms in total. The van der Waals surface area contributed by atoms with Gasteiger partial charge in [-0.1, -0.05) is 39.8 Å². The summed E-state index contributed by atoms with van der Waals surface area (Å²) in [5.41, 5.74) is 0.686. The van der Waals surface area contributed by atoms with Gasteiger partial charge in [-0.3, -0.25) is 4.79 Å². The molecule has 0 saturated carbocycles. The average molecular weight is 397 g/mol. The molecule has 2 aromatic rings. The van der Waals surface area contributed by atoms with Crippen LogP contribution in [0.4, 0.5) is 0 Å². The van der Waals surface area contributed by atoms with E-state index in [4.69, 9.17) is 4.74 Å². The molecule has 122 valence electrons. The van der Waals surface area contributed by atoms with Crippen molar-refractivity contribution in [3.63, 3.8) is 0 Å². The topological polar surface area (TPSA) is 69.9 Å². The lowest BCUT2D eigenvalue weighted by molar-refractivity contribution is 0.0911. The fraction of sp³-hybridized carbons (Fsp3) is 0.467. The number of benzene rings is 1. The first-order valence-electron chi connectivity index (χ1n) is 7.47. The highest BCUT2D eigenvalue weighted by atomic mass is 79.9. The van der Waals surface area contributed by atoms with Gasteiger partial charge in [-0.15, -0.1) is 5.10 Å². The smallest absolute Gasteiger partial charge is 0.210 e. The van der Waals surface area contributed by atoms with E-state index < -0.39 is 0 Å². The second-order valence-corrected chi connectivity index (χ2v) is 7.63. The number of hydrogen-bond acceptors (Lipinski definition) is 6. The molecule has 0 bridgehead atoms. The number of aromatic nitrogens is 4. The molecule has 0 aliphatic carbocycles. The van der Waals surface area contributed by atoms with Crippen LogP contribution in [-0.4, -0.2) is 44.0 Å². The van der Waals surface area contributed by atoms with E-state index in [2.05, 4.69) is 31.5 Å². The van der Waals surface area contributed by atoms with Crippen molar-refractivity contribution in [1.82, 2.24) is 20.2 Å². The number of hydrogen-bond donors (Lipinski definition) is 0. The summed E-state index contributed by atoms with van der Waals surface area (Å²) in [4.78, 5) is 12.5. The average Bonchev–Trinajstić information content (AvgIpc) is 3.20. The Kier molecular flexibility index (Phi) is 5.45. The SMILES string of the molecule is CC(Sc1nnnn1CC1CCCO1)C(=O)c1ccc(Br)cc1. The number of Topliss-reactive ketones (excluding diaryl/α,β-unsaturated/α-hetero) is 1. The molecule has 1 aromatic carbocycles. The van der Waals surface area contributed by atoms with Gasteiger partial charge < -0.3 is 4.74 Å². The third kappa shape index (κ3) is 4.19. The van der Waals surface area contributed by atoms with Crippen molar-refractivity contribution in [1.29, 1.82) is 0 Å². The van der Waals surface area contributed by atoms with Crippen molar-refractivity contribution in [2.45, 2.75) is 42.8 Å². The van der Waals surface area contributed by atoms with Crippen LogP contribution in [0.1, 0.15) is 30.1 Å². The largest absolute Gasteiger partial charge is 0.376 e.